The summed E-state index contributed by atoms with van der Waals surface area (Å²) in [7, 11) is 3.30. The minimum atomic E-state index is -1.10. The number of likely N-dealkylation sites (N-methyl/N-ethyl adjacent to an activating group) is 1. The van der Waals surface area contributed by atoms with Crippen LogP contribution in [0.15, 0.2) is 41.9 Å². The van der Waals surface area contributed by atoms with Gasteiger partial charge in [-0.25, -0.2) is 10.4 Å². The van der Waals surface area contributed by atoms with Crippen molar-refractivity contribution in [3.8, 4) is 33.7 Å². The molecule has 3 fully saturated rings. The molecule has 0 aliphatic carbocycles. The second-order valence-electron chi connectivity index (χ2n) is 21.3. The number of thiazole rings is 1. The maximum Gasteiger partial charge on any atom is 0.324 e. The minimum absolute atomic E-state index is 0.0612. The molecular formula is C54H71N9O7S. The van der Waals surface area contributed by atoms with Crippen molar-refractivity contribution < 1.29 is 33.4 Å². The Morgan fingerprint density at radius 1 is 1.08 bits per heavy atom. The van der Waals surface area contributed by atoms with Crippen LogP contribution in [0.4, 0.5) is 0 Å². The predicted molar refractivity (Wildman–Crippen MR) is 273 cm³/mol. The molecule has 4 aliphatic rings. The molecule has 0 radical (unpaired) electrons. The zero-order chi connectivity index (χ0) is 50.9. The molecule has 4 aliphatic heterocycles. The number of cyclic esters (lactones) is 1. The first-order chi connectivity index (χ1) is 33.8. The zero-order valence-electron chi connectivity index (χ0n) is 43.1. The van der Waals surface area contributed by atoms with Crippen molar-refractivity contribution in [3.63, 3.8) is 0 Å². The van der Waals surface area contributed by atoms with E-state index in [0.717, 1.165) is 63.5 Å². The molecule has 380 valence electrons. The standard InChI is InChI=1S/C54H71N9O7S/c1-11-62-43-18-17-35-27-39(43)40(47(62)38-15-12-22-55-45(38)34(4)69-10)29-53(5,6)32-70-52(68)41-16-13-25-63(58-41)51(67)42(28-37-31-71-49(35)56-37)57-48(65)46(33(2)3)59(9)50(66)36-20-26-60(30-36)44(64)19-21-54(7,8)61-23-14-24-61/h12,15,17-18,22,27,31,33-34,36,41-42,46,58H,11,13-14,16,20,23-26,28-30,32H2,1-10H3,(H,57,65)/t34-,36?,41-,42-,46-/m0/s1. The number of carbonyl (C=O) groups excluding carboxylic acids is 5. The van der Waals surface area contributed by atoms with E-state index in [-0.39, 0.29) is 43.4 Å². The van der Waals surface area contributed by atoms with E-state index < -0.39 is 52.8 Å². The molecule has 1 unspecified atom stereocenters. The summed E-state index contributed by atoms with van der Waals surface area (Å²) in [5.74, 6) is 3.19. The average molecular weight is 990 g/mol. The lowest BCUT2D eigenvalue weighted by Gasteiger charge is -2.41. The molecule has 6 bridgehead atoms. The van der Waals surface area contributed by atoms with Gasteiger partial charge in [-0.3, -0.25) is 38.9 Å². The molecule has 71 heavy (non-hydrogen) atoms. The Hall–Kier alpha value is -5.67. The first-order valence-corrected chi connectivity index (χ1v) is 26.1. The fourth-order valence-corrected chi connectivity index (χ4v) is 11.4. The summed E-state index contributed by atoms with van der Waals surface area (Å²) in [6, 6.07) is 7.60. The molecule has 3 saturated heterocycles. The van der Waals surface area contributed by atoms with Crippen molar-refractivity contribution in [2.45, 2.75) is 130 Å². The van der Waals surface area contributed by atoms with Gasteiger partial charge in [-0.15, -0.1) is 11.3 Å². The summed E-state index contributed by atoms with van der Waals surface area (Å²) in [5.41, 5.74) is 8.73. The van der Waals surface area contributed by atoms with E-state index in [0.29, 0.717) is 51.0 Å². The lowest BCUT2D eigenvalue weighted by atomic mass is 9.84. The van der Waals surface area contributed by atoms with Crippen LogP contribution < -0.4 is 10.7 Å². The average Bonchev–Trinajstić information content (AvgIpc) is 4.09. The Labute approximate surface area is 422 Å². The number of fused-ring (bicyclic) bond motifs is 6. The number of ether oxygens (including phenoxy) is 2. The number of esters is 1. The second-order valence-corrected chi connectivity index (χ2v) is 22.2. The van der Waals surface area contributed by atoms with Crippen molar-refractivity contribution >= 4 is 51.8 Å². The smallest absolute Gasteiger partial charge is 0.324 e. The van der Waals surface area contributed by atoms with Crippen LogP contribution in [0.3, 0.4) is 0 Å². The predicted octanol–water partition coefficient (Wildman–Crippen LogP) is 6.02. The Bertz CT molecular complexity index is 2730. The van der Waals surface area contributed by atoms with E-state index in [4.69, 9.17) is 19.4 Å². The second kappa shape index (κ2) is 21.2. The maximum atomic E-state index is 14.7. The molecule has 0 saturated carbocycles. The van der Waals surface area contributed by atoms with Gasteiger partial charge in [0, 0.05) is 98.9 Å². The Morgan fingerprint density at radius 2 is 1.86 bits per heavy atom. The van der Waals surface area contributed by atoms with Gasteiger partial charge in [0.25, 0.3) is 11.8 Å². The van der Waals surface area contributed by atoms with Gasteiger partial charge in [-0.05, 0) is 108 Å². The van der Waals surface area contributed by atoms with Gasteiger partial charge in [-0.2, -0.15) is 0 Å². The van der Waals surface area contributed by atoms with Gasteiger partial charge in [0.05, 0.1) is 41.2 Å². The summed E-state index contributed by atoms with van der Waals surface area (Å²) in [5, 5.41) is 8.20. The van der Waals surface area contributed by atoms with E-state index in [1.54, 1.807) is 25.3 Å². The van der Waals surface area contributed by atoms with Crippen LogP contribution in [0.5, 0.6) is 0 Å². The molecular weight excluding hydrogens is 919 g/mol. The molecule has 0 spiro atoms. The number of pyridine rings is 1. The number of hydrogen-bond donors (Lipinski definition) is 2. The quantitative estimate of drug-likeness (QED) is 0.141. The highest BCUT2D eigenvalue weighted by molar-refractivity contribution is 7.13. The number of hydrazine groups is 1. The van der Waals surface area contributed by atoms with Crippen LogP contribution in [-0.2, 0) is 52.8 Å². The molecule has 16 nitrogen and oxygen atoms in total. The van der Waals surface area contributed by atoms with Gasteiger partial charge in [0.1, 0.15) is 23.1 Å². The number of likely N-dealkylation sites (tertiary alicyclic amines) is 2. The highest BCUT2D eigenvalue weighted by atomic mass is 32.1. The molecule has 8 rings (SSSR count). The van der Waals surface area contributed by atoms with Gasteiger partial charge in [0.2, 0.25) is 11.8 Å². The zero-order valence-corrected chi connectivity index (χ0v) is 43.9. The number of hydrogen-bond acceptors (Lipinski definition) is 12. The summed E-state index contributed by atoms with van der Waals surface area (Å²) in [6.45, 7) is 19.7. The Morgan fingerprint density at radius 3 is 2.56 bits per heavy atom. The van der Waals surface area contributed by atoms with Crippen LogP contribution in [0.2, 0.25) is 0 Å². The number of rotatable bonds is 10. The van der Waals surface area contributed by atoms with Crippen LogP contribution in [0.25, 0.3) is 32.7 Å². The van der Waals surface area contributed by atoms with E-state index >= 15 is 0 Å². The SMILES string of the molecule is CCn1c(-c2cccnc2[C@H](C)OC)c2c3cc(ccc31)-c1nc(cs1)C[C@H](NC(=O)[C@H](C(C)C)N(C)C(=O)C1CCN(C(=O)C#CC(C)(C)N3CCC3)C1)C(=O)N1CCC[C@H](N1)C(=O)OCC(C)(C)C2. The fourth-order valence-electron chi connectivity index (χ4n) is 10.6. The monoisotopic (exact) mass is 990 g/mol. The van der Waals surface area contributed by atoms with Crippen LogP contribution in [-0.4, -0.2) is 141 Å². The molecule has 5 atom stereocenters. The third kappa shape index (κ3) is 10.9. The summed E-state index contributed by atoms with van der Waals surface area (Å²) >= 11 is 1.47. The number of carbonyl (C=O) groups is 5. The van der Waals surface area contributed by atoms with Crippen LogP contribution >= 0.6 is 11.3 Å². The van der Waals surface area contributed by atoms with Crippen molar-refractivity contribution in [1.29, 1.82) is 0 Å². The number of aromatic nitrogens is 3. The third-order valence-corrected chi connectivity index (χ3v) is 15.7. The maximum absolute atomic E-state index is 14.7. The van der Waals surface area contributed by atoms with Crippen molar-refractivity contribution in [2.24, 2.45) is 17.3 Å². The normalized spacial score (nSPS) is 21.7. The molecule has 1 aromatic carbocycles. The lowest BCUT2D eigenvalue weighted by molar-refractivity contribution is -0.155. The molecule has 7 heterocycles. The number of nitrogens with one attached hydrogen (secondary N) is 2. The van der Waals surface area contributed by atoms with Gasteiger partial charge >= 0.3 is 5.97 Å². The molecule has 17 heteroatoms. The van der Waals surface area contributed by atoms with E-state index in [1.165, 1.54) is 21.2 Å². The number of aryl methyl sites for hydroxylation is 1. The van der Waals surface area contributed by atoms with E-state index in [9.17, 15) is 24.0 Å². The Balaban J connectivity index is 1.09. The van der Waals surface area contributed by atoms with Gasteiger partial charge in [-0.1, -0.05) is 33.6 Å². The first-order valence-electron chi connectivity index (χ1n) is 25.3. The third-order valence-electron chi connectivity index (χ3n) is 14.8. The Kier molecular flexibility index (Phi) is 15.4. The highest BCUT2D eigenvalue weighted by Gasteiger charge is 2.41. The number of nitrogens with zero attached hydrogens (tertiary/aromatic N) is 7. The minimum Gasteiger partial charge on any atom is -0.464 e. The van der Waals surface area contributed by atoms with E-state index in [2.05, 4.69) is 77.1 Å². The van der Waals surface area contributed by atoms with Crippen molar-refractivity contribution in [1.82, 2.24) is 45.0 Å². The summed E-state index contributed by atoms with van der Waals surface area (Å²) in [6.07, 6.45) is 4.73. The van der Waals surface area contributed by atoms with Crippen LogP contribution in [0.1, 0.15) is 104 Å². The van der Waals surface area contributed by atoms with E-state index in [1.807, 2.05) is 46.1 Å². The van der Waals surface area contributed by atoms with Crippen molar-refractivity contribution in [3.05, 3.63) is 58.9 Å². The number of benzene rings is 1. The summed E-state index contributed by atoms with van der Waals surface area (Å²) in [4.78, 5) is 85.9. The van der Waals surface area contributed by atoms with Gasteiger partial charge in [0.15, 0.2) is 0 Å². The molecule has 3 aromatic heterocycles. The van der Waals surface area contributed by atoms with Crippen molar-refractivity contribution in [2.75, 3.05) is 53.5 Å². The van der Waals surface area contributed by atoms with Crippen LogP contribution in [0, 0.1) is 29.1 Å². The molecule has 4 amide bonds. The first kappa shape index (κ1) is 51.7. The number of methoxy groups -OCH3 is 1. The fraction of sp³-hybridized carbons (Fsp3) is 0.574. The topological polar surface area (TPSA) is 172 Å². The van der Waals surface area contributed by atoms with Gasteiger partial charge < -0.3 is 29.2 Å². The highest BCUT2D eigenvalue weighted by Crippen LogP contribution is 2.42. The number of amides is 4. The largest absolute Gasteiger partial charge is 0.464 e. The summed E-state index contributed by atoms with van der Waals surface area (Å²) < 4.78 is 14.3. The molecule has 2 N–H and O–H groups in total. The molecule has 4 aromatic rings. The lowest BCUT2D eigenvalue weighted by Crippen LogP contribution is -2.62.